The van der Waals surface area contributed by atoms with E-state index in [4.69, 9.17) is 0 Å². The van der Waals surface area contributed by atoms with Gasteiger partial charge in [-0.05, 0) is 98.5 Å². The molecule has 0 aliphatic rings. The average Bonchev–Trinajstić information content (AvgIpc) is 3.83. The first-order valence-corrected chi connectivity index (χ1v) is 20.3. The predicted molar refractivity (Wildman–Crippen MR) is 246 cm³/mol. The average molecular weight is 743 g/mol. The third-order valence-corrected chi connectivity index (χ3v) is 12.9. The van der Waals surface area contributed by atoms with Crippen LogP contribution in [0, 0.1) is 0 Å². The first-order chi connectivity index (χ1) is 28.3. The van der Waals surface area contributed by atoms with Crippen LogP contribution in [0.3, 0.4) is 0 Å². The second-order valence-electron chi connectivity index (χ2n) is 14.9. The van der Waals surface area contributed by atoms with Gasteiger partial charge in [-0.1, -0.05) is 146 Å². The molecule has 0 atom stereocenters. The molecule has 0 bridgehead atoms. The fourth-order valence-electron chi connectivity index (χ4n) is 9.21. The van der Waals surface area contributed by atoms with Gasteiger partial charge in [-0.15, -0.1) is 11.3 Å². The van der Waals surface area contributed by atoms with Crippen molar-refractivity contribution in [3.63, 3.8) is 0 Å². The summed E-state index contributed by atoms with van der Waals surface area (Å²) in [4.78, 5) is 2.47. The maximum atomic E-state index is 2.47. The molecule has 10 aromatic carbocycles. The zero-order valence-electron chi connectivity index (χ0n) is 30.9. The van der Waals surface area contributed by atoms with Gasteiger partial charge in [0.25, 0.3) is 0 Å². The molecule has 2 heterocycles. The SMILES string of the molecule is c1ccc(-n2c3ccccc3c3ccccc32)c(-c2ccc(N(c3ccc4ccc5ccc6ccccc6c5c4c3)c3cccc4sc5ccccc5c34)cc2)c1. The van der Waals surface area contributed by atoms with Crippen LogP contribution in [-0.4, -0.2) is 4.57 Å². The lowest BCUT2D eigenvalue weighted by atomic mass is 9.96. The molecule has 266 valence electrons. The van der Waals surface area contributed by atoms with Gasteiger partial charge in [0.05, 0.1) is 22.4 Å². The van der Waals surface area contributed by atoms with Gasteiger partial charge in [-0.3, -0.25) is 0 Å². The van der Waals surface area contributed by atoms with Crippen LogP contribution in [0.1, 0.15) is 0 Å². The number of nitrogens with zero attached hydrogens (tertiary/aromatic N) is 2. The number of fused-ring (bicyclic) bond motifs is 11. The van der Waals surface area contributed by atoms with Gasteiger partial charge >= 0.3 is 0 Å². The van der Waals surface area contributed by atoms with Crippen LogP contribution in [0.4, 0.5) is 17.1 Å². The van der Waals surface area contributed by atoms with E-state index in [1.54, 1.807) is 0 Å². The number of hydrogen-bond acceptors (Lipinski definition) is 2. The highest BCUT2D eigenvalue weighted by Crippen LogP contribution is 2.46. The van der Waals surface area contributed by atoms with E-state index in [-0.39, 0.29) is 0 Å². The van der Waals surface area contributed by atoms with Crippen LogP contribution in [0.2, 0.25) is 0 Å². The number of rotatable bonds is 5. The lowest BCUT2D eigenvalue weighted by Crippen LogP contribution is -2.10. The minimum atomic E-state index is 1.11. The molecule has 0 saturated heterocycles. The third kappa shape index (κ3) is 4.96. The Morgan fingerprint density at radius 1 is 0.368 bits per heavy atom. The van der Waals surface area contributed by atoms with E-state index in [1.165, 1.54) is 96.8 Å². The van der Waals surface area contributed by atoms with Gasteiger partial charge in [0, 0.05) is 47.9 Å². The molecule has 0 aliphatic carbocycles. The van der Waals surface area contributed by atoms with Crippen molar-refractivity contribution in [2.24, 2.45) is 0 Å². The third-order valence-electron chi connectivity index (χ3n) is 11.8. The molecule has 0 saturated carbocycles. The van der Waals surface area contributed by atoms with Crippen LogP contribution in [-0.2, 0) is 0 Å². The zero-order valence-corrected chi connectivity index (χ0v) is 31.7. The van der Waals surface area contributed by atoms with Gasteiger partial charge in [0.1, 0.15) is 0 Å². The topological polar surface area (TPSA) is 8.17 Å². The summed E-state index contributed by atoms with van der Waals surface area (Å²) in [7, 11) is 0. The highest BCUT2D eigenvalue weighted by atomic mass is 32.1. The highest BCUT2D eigenvalue weighted by molar-refractivity contribution is 7.26. The first-order valence-electron chi connectivity index (χ1n) is 19.5. The Hall–Kier alpha value is -7.20. The molecule has 0 N–H and O–H groups in total. The molecular weight excluding hydrogens is 709 g/mol. The van der Waals surface area contributed by atoms with Crippen molar-refractivity contribution in [3.05, 3.63) is 206 Å². The molecule has 57 heavy (non-hydrogen) atoms. The normalized spacial score (nSPS) is 11.9. The number of anilines is 3. The van der Waals surface area contributed by atoms with Gasteiger partial charge in [-0.25, -0.2) is 0 Å². The minimum Gasteiger partial charge on any atom is -0.310 e. The zero-order chi connectivity index (χ0) is 37.5. The summed E-state index contributed by atoms with van der Waals surface area (Å²) in [5.41, 5.74) is 9.37. The standard InChI is InChI=1S/C54H34N2S/c1-2-14-42-35(12-1)24-26-38-27-25-37-30-33-40(34-46(37)53(38)42)55(50-21-11-23-52-54(50)45-17-6-10-22-51(45)57-52)39-31-28-36(29-32-39)41-13-3-7-18-47(41)56-48-19-8-4-15-43(48)44-16-5-9-20-49(44)56/h1-34H. The van der Waals surface area contributed by atoms with Crippen molar-refractivity contribution in [2.45, 2.75) is 0 Å². The quantitative estimate of drug-likeness (QED) is 0.159. The number of hydrogen-bond donors (Lipinski definition) is 0. The molecule has 3 heteroatoms. The summed E-state index contributed by atoms with van der Waals surface area (Å²) in [5, 5.41) is 12.7. The van der Waals surface area contributed by atoms with Gasteiger partial charge < -0.3 is 9.47 Å². The Kier molecular flexibility index (Phi) is 7.13. The van der Waals surface area contributed by atoms with Crippen molar-refractivity contribution < 1.29 is 0 Å². The van der Waals surface area contributed by atoms with Crippen molar-refractivity contribution in [1.29, 1.82) is 0 Å². The van der Waals surface area contributed by atoms with E-state index < -0.39 is 0 Å². The summed E-state index contributed by atoms with van der Waals surface area (Å²) in [6, 6.07) is 75.8. The molecule has 2 nitrogen and oxygen atoms in total. The largest absolute Gasteiger partial charge is 0.310 e. The Bertz CT molecular complexity index is 3480. The number of para-hydroxylation sites is 3. The second-order valence-corrected chi connectivity index (χ2v) is 16.0. The number of thiophene rings is 1. The summed E-state index contributed by atoms with van der Waals surface area (Å²) in [5.74, 6) is 0. The van der Waals surface area contributed by atoms with Crippen LogP contribution in [0.15, 0.2) is 206 Å². The summed E-state index contributed by atoms with van der Waals surface area (Å²) in [6.07, 6.45) is 0. The Morgan fingerprint density at radius 2 is 0.947 bits per heavy atom. The number of benzene rings is 10. The first kappa shape index (κ1) is 32.1. The van der Waals surface area contributed by atoms with Gasteiger partial charge in [0.2, 0.25) is 0 Å². The maximum Gasteiger partial charge on any atom is 0.0554 e. The predicted octanol–water partition coefficient (Wildman–Crippen LogP) is 15.7. The van der Waals surface area contributed by atoms with Crippen molar-refractivity contribution in [1.82, 2.24) is 4.57 Å². The summed E-state index contributed by atoms with van der Waals surface area (Å²) >= 11 is 1.86. The molecular formula is C54H34N2S. The lowest BCUT2D eigenvalue weighted by Gasteiger charge is -2.27. The van der Waals surface area contributed by atoms with Gasteiger partial charge in [0.15, 0.2) is 0 Å². The second kappa shape index (κ2) is 12.7. The van der Waals surface area contributed by atoms with E-state index in [0.29, 0.717) is 0 Å². The Morgan fingerprint density at radius 3 is 1.74 bits per heavy atom. The molecule has 12 aromatic rings. The van der Waals surface area contributed by atoms with Crippen molar-refractivity contribution in [2.75, 3.05) is 4.90 Å². The summed E-state index contributed by atoms with van der Waals surface area (Å²) in [6.45, 7) is 0. The molecule has 2 aromatic heterocycles. The number of aromatic nitrogens is 1. The molecule has 0 spiro atoms. The Labute approximate surface area is 333 Å². The lowest BCUT2D eigenvalue weighted by molar-refractivity contribution is 1.18. The molecule has 0 aliphatic heterocycles. The highest BCUT2D eigenvalue weighted by Gasteiger charge is 2.21. The molecule has 0 unspecified atom stereocenters. The molecule has 0 fully saturated rings. The van der Waals surface area contributed by atoms with Crippen LogP contribution >= 0.6 is 11.3 Å². The van der Waals surface area contributed by atoms with Crippen LogP contribution in [0.5, 0.6) is 0 Å². The smallest absolute Gasteiger partial charge is 0.0554 e. The van der Waals surface area contributed by atoms with Crippen LogP contribution < -0.4 is 4.90 Å². The van der Waals surface area contributed by atoms with Crippen molar-refractivity contribution in [3.8, 4) is 16.8 Å². The monoisotopic (exact) mass is 742 g/mol. The van der Waals surface area contributed by atoms with E-state index in [0.717, 1.165) is 11.4 Å². The maximum absolute atomic E-state index is 2.47. The fourth-order valence-corrected chi connectivity index (χ4v) is 10.3. The van der Waals surface area contributed by atoms with E-state index in [9.17, 15) is 0 Å². The van der Waals surface area contributed by atoms with Crippen molar-refractivity contribution >= 4 is 103 Å². The van der Waals surface area contributed by atoms with Gasteiger partial charge in [-0.2, -0.15) is 0 Å². The molecule has 12 rings (SSSR count). The molecule has 0 radical (unpaired) electrons. The van der Waals surface area contributed by atoms with E-state index in [1.807, 2.05) is 11.3 Å². The summed E-state index contributed by atoms with van der Waals surface area (Å²) < 4.78 is 5.01. The minimum absolute atomic E-state index is 1.11. The van der Waals surface area contributed by atoms with E-state index >= 15 is 0 Å². The van der Waals surface area contributed by atoms with Crippen LogP contribution in [0.25, 0.3) is 91.1 Å². The fraction of sp³-hybridized carbons (Fsp3) is 0. The Balaban J connectivity index is 1.07. The molecule has 0 amide bonds. The van der Waals surface area contributed by atoms with E-state index in [2.05, 4.69) is 216 Å².